The second-order valence-electron chi connectivity index (χ2n) is 31.8. The van der Waals surface area contributed by atoms with E-state index in [2.05, 4.69) is 250 Å². The Morgan fingerprint density at radius 3 is 1.30 bits per heavy atom. The van der Waals surface area contributed by atoms with Crippen molar-refractivity contribution in [3.05, 3.63) is 149 Å². The molecule has 2 aliphatic rings. The van der Waals surface area contributed by atoms with Crippen LogP contribution in [-0.2, 0) is 32.1 Å². The van der Waals surface area contributed by atoms with Crippen molar-refractivity contribution >= 4 is 0 Å². The van der Waals surface area contributed by atoms with Gasteiger partial charge in [-0.3, -0.25) is 15.0 Å². The molecule has 2 aromatic carbocycles. The molecule has 0 amide bonds. The predicted molar refractivity (Wildman–Crippen MR) is 351 cm³/mol. The summed E-state index contributed by atoms with van der Waals surface area (Å²) in [5, 5.41) is 0. The Labute approximate surface area is 495 Å². The molecule has 5 aromatic rings. The van der Waals surface area contributed by atoms with Gasteiger partial charge in [-0.2, -0.15) is 0 Å². The topological polar surface area (TPSA) is 67.7 Å². The Hall–Kier alpha value is -4.29. The molecule has 1 saturated carbocycles. The second kappa shape index (κ2) is 35.6. The van der Waals surface area contributed by atoms with Gasteiger partial charge in [0.1, 0.15) is 5.82 Å². The first-order valence-electron chi connectivity index (χ1n) is 31.0. The quantitative estimate of drug-likeness (QED) is 0.162. The van der Waals surface area contributed by atoms with Crippen LogP contribution < -0.4 is 0 Å². The summed E-state index contributed by atoms with van der Waals surface area (Å²) in [5.41, 5.74) is 10.2. The number of nitrogens with zero attached hydrogens (tertiary/aromatic N) is 6. The van der Waals surface area contributed by atoms with E-state index < -0.39 is 0 Å². The molecule has 3 aromatic heterocycles. The van der Waals surface area contributed by atoms with E-state index in [0.29, 0.717) is 32.5 Å². The molecule has 1 aliphatic heterocycles. The van der Waals surface area contributed by atoms with Crippen LogP contribution in [0.2, 0.25) is 0 Å². The van der Waals surface area contributed by atoms with E-state index in [9.17, 15) is 0 Å². The smallest absolute Gasteiger partial charge is 0.128 e. The van der Waals surface area contributed by atoms with Crippen LogP contribution in [0.1, 0.15) is 243 Å². The molecule has 0 bridgehead atoms. The standard InChI is InChI=1S/C12H18.C11H23N.C11H22.C11H16.C10H16N2.C10H15N.C9H14N2/c1-10-5-7-11(8-6-10)9-12(2,3)4;1-11(2,3)7-10-12-8-5-4-6-9-12;1-9-5-7-10(8-6-9)11(2,3)4;1-11(2,3)9-10-7-5-4-6-8-10;1-8-6-12-9(7-11-8)5-10(2,3)4;1-10(2,3)8-9-6-4-5-7-11-9;1-9(2,3)7-8-10-5-4-6-11-8/h5-8H,9H2,1-4H3;4-10H2,1-3H3;9-10H,5-8H2,1-4H3;4-8H,9H2,1-3H3;6-7H,5H2,1-4H3;4-7H,8H2,1-3H3;4-6H,7H2,1-3H3. The summed E-state index contributed by atoms with van der Waals surface area (Å²) >= 11 is 0. The number of rotatable bonds is 7. The Morgan fingerprint density at radius 1 is 0.412 bits per heavy atom. The van der Waals surface area contributed by atoms with Gasteiger partial charge in [0.05, 0.1) is 11.4 Å². The maximum atomic E-state index is 4.30. The van der Waals surface area contributed by atoms with Crippen LogP contribution in [0.5, 0.6) is 0 Å². The summed E-state index contributed by atoms with van der Waals surface area (Å²) < 4.78 is 0. The number of piperidine rings is 1. The molecule has 0 radical (unpaired) electrons. The highest BCUT2D eigenvalue weighted by Gasteiger charge is 2.28. The van der Waals surface area contributed by atoms with Crippen LogP contribution in [0, 0.1) is 63.6 Å². The highest BCUT2D eigenvalue weighted by atomic mass is 15.1. The third-order valence-corrected chi connectivity index (χ3v) is 13.6. The van der Waals surface area contributed by atoms with Gasteiger partial charge in [0.25, 0.3) is 0 Å². The minimum absolute atomic E-state index is 0.279. The van der Waals surface area contributed by atoms with Crippen LogP contribution in [0.15, 0.2) is 110 Å². The van der Waals surface area contributed by atoms with Crippen molar-refractivity contribution < 1.29 is 0 Å². The first-order valence-corrected chi connectivity index (χ1v) is 31.0. The summed E-state index contributed by atoms with van der Waals surface area (Å²) in [6.07, 6.45) is 25.9. The Kier molecular flexibility index (Phi) is 32.9. The SMILES string of the molecule is CC(C)(C)CCN1CCCCC1.CC(C)(C)Cc1ccccc1.CC(C)(C)Cc1ccccn1.CC(C)(C)Cc1ncccn1.CC1CCC(C(C)(C)C)CC1.Cc1ccc(CC(C)(C)C)cc1.Cc1cnc(CC(C)(C)C)cn1. The maximum Gasteiger partial charge on any atom is 0.128 e. The van der Waals surface area contributed by atoms with Crippen molar-refractivity contribution in [2.75, 3.05) is 19.6 Å². The number of pyridine rings is 1. The average molecular weight is 1100 g/mol. The molecule has 2 fully saturated rings. The highest BCUT2D eigenvalue weighted by Crippen LogP contribution is 2.39. The fraction of sp³-hybridized carbons (Fsp3) is 0.662. The molecule has 1 aliphatic carbocycles. The maximum absolute atomic E-state index is 4.30. The molecule has 0 atom stereocenters. The number of hydrogen-bond acceptors (Lipinski definition) is 6. The van der Waals surface area contributed by atoms with Crippen LogP contribution >= 0.6 is 0 Å². The van der Waals surface area contributed by atoms with E-state index in [0.717, 1.165) is 61.2 Å². The van der Waals surface area contributed by atoms with E-state index in [-0.39, 0.29) is 5.41 Å². The molecule has 0 spiro atoms. The Balaban J connectivity index is 0.000000467. The lowest BCUT2D eigenvalue weighted by atomic mass is 9.70. The van der Waals surface area contributed by atoms with Gasteiger partial charge in [-0.15, -0.1) is 0 Å². The van der Waals surface area contributed by atoms with Gasteiger partial charge in [0, 0.05) is 43.1 Å². The molecule has 450 valence electrons. The fourth-order valence-corrected chi connectivity index (χ4v) is 9.32. The van der Waals surface area contributed by atoms with Crippen molar-refractivity contribution in [2.24, 2.45) is 49.7 Å². The molecule has 1 saturated heterocycles. The van der Waals surface area contributed by atoms with Gasteiger partial charge in [-0.1, -0.05) is 238 Å². The number of benzene rings is 2. The molecule has 80 heavy (non-hydrogen) atoms. The van der Waals surface area contributed by atoms with Gasteiger partial charge < -0.3 is 4.90 Å². The lowest BCUT2D eigenvalue weighted by Crippen LogP contribution is -2.32. The third-order valence-electron chi connectivity index (χ3n) is 13.6. The van der Waals surface area contributed by atoms with Crippen LogP contribution in [0.3, 0.4) is 0 Å². The molecule has 7 rings (SSSR count). The van der Waals surface area contributed by atoms with Crippen LogP contribution in [-0.4, -0.2) is 49.5 Å². The second-order valence-corrected chi connectivity index (χ2v) is 31.8. The zero-order valence-electron chi connectivity index (χ0n) is 56.5. The van der Waals surface area contributed by atoms with Crippen molar-refractivity contribution in [2.45, 2.75) is 250 Å². The highest BCUT2D eigenvalue weighted by molar-refractivity contribution is 5.22. The monoisotopic (exact) mass is 1100 g/mol. The molecule has 6 heteroatoms. The minimum atomic E-state index is 0.279. The summed E-state index contributed by atoms with van der Waals surface area (Å²) in [5.74, 6) is 2.91. The van der Waals surface area contributed by atoms with Gasteiger partial charge in [-0.25, -0.2) is 9.97 Å². The van der Waals surface area contributed by atoms with Crippen LogP contribution in [0.4, 0.5) is 0 Å². The normalized spacial score (nSPS) is 16.1. The van der Waals surface area contributed by atoms with Gasteiger partial charge in [0.2, 0.25) is 0 Å². The van der Waals surface area contributed by atoms with Gasteiger partial charge in [-0.05, 0) is 170 Å². The first kappa shape index (κ1) is 73.7. The number of aromatic nitrogens is 5. The molecular formula is C74H124N6. The molecule has 0 N–H and O–H groups in total. The summed E-state index contributed by atoms with van der Waals surface area (Å²) in [7, 11) is 0. The molecule has 6 nitrogen and oxygen atoms in total. The van der Waals surface area contributed by atoms with Crippen molar-refractivity contribution in [3.63, 3.8) is 0 Å². The fourth-order valence-electron chi connectivity index (χ4n) is 9.32. The van der Waals surface area contributed by atoms with Crippen LogP contribution in [0.25, 0.3) is 0 Å². The lowest BCUT2D eigenvalue weighted by Gasteiger charge is -2.35. The number of likely N-dealkylation sites (tertiary alicyclic amines) is 1. The molecule has 0 unspecified atom stereocenters. The van der Waals surface area contributed by atoms with Gasteiger partial charge >= 0.3 is 0 Å². The van der Waals surface area contributed by atoms with E-state index in [4.69, 9.17) is 0 Å². The third kappa shape index (κ3) is 43.4. The molecule has 4 heterocycles. The average Bonchev–Trinajstić information content (AvgIpc) is 3.32. The van der Waals surface area contributed by atoms with E-state index in [1.807, 2.05) is 43.7 Å². The zero-order chi connectivity index (χ0) is 60.9. The predicted octanol–water partition coefficient (Wildman–Crippen LogP) is 20.7. The van der Waals surface area contributed by atoms with E-state index in [1.165, 1.54) is 93.4 Å². The number of hydrogen-bond donors (Lipinski definition) is 0. The number of aryl methyl sites for hydroxylation is 2. The van der Waals surface area contributed by atoms with Crippen molar-refractivity contribution in [3.8, 4) is 0 Å². The zero-order valence-corrected chi connectivity index (χ0v) is 56.5. The summed E-state index contributed by atoms with van der Waals surface area (Å²) in [6.45, 7) is 58.0. The van der Waals surface area contributed by atoms with Gasteiger partial charge in [0.15, 0.2) is 0 Å². The molecular weight excluding hydrogens is 973 g/mol. The Morgan fingerprint density at radius 2 is 0.875 bits per heavy atom. The largest absolute Gasteiger partial charge is 0.303 e. The van der Waals surface area contributed by atoms with E-state index in [1.54, 1.807) is 12.4 Å². The first-order chi connectivity index (χ1) is 36.8. The summed E-state index contributed by atoms with van der Waals surface area (Å²) in [6, 6.07) is 27.3. The van der Waals surface area contributed by atoms with Crippen molar-refractivity contribution in [1.82, 2.24) is 29.8 Å². The van der Waals surface area contributed by atoms with Crippen molar-refractivity contribution in [1.29, 1.82) is 0 Å². The lowest BCUT2D eigenvalue weighted by molar-refractivity contribution is 0.155. The Bertz CT molecular complexity index is 2080. The van der Waals surface area contributed by atoms with E-state index >= 15 is 0 Å². The summed E-state index contributed by atoms with van der Waals surface area (Å²) in [4.78, 5) is 23.7. The minimum Gasteiger partial charge on any atom is -0.303 e.